The average Bonchev–Trinajstić information content (AvgIpc) is 2.95. The number of carbonyl (C=O) groups excluding carboxylic acids is 1. The molecule has 0 radical (unpaired) electrons. The first-order chi connectivity index (χ1) is 12.3. The summed E-state index contributed by atoms with van der Waals surface area (Å²) in [6, 6.07) is 11.4. The number of carbonyl (C=O) groups is 1. The first-order valence-corrected chi connectivity index (χ1v) is 8.73. The van der Waals surface area contributed by atoms with Crippen LogP contribution in [0.25, 0.3) is 16.6 Å². The van der Waals surface area contributed by atoms with Crippen LogP contribution in [0.3, 0.4) is 0 Å². The highest BCUT2D eigenvalue weighted by molar-refractivity contribution is 9.10. The van der Waals surface area contributed by atoms with E-state index in [1.807, 2.05) is 39.0 Å². The highest BCUT2D eigenvalue weighted by Gasteiger charge is 2.16. The molecule has 3 aromatic rings. The van der Waals surface area contributed by atoms with Gasteiger partial charge in [-0.25, -0.2) is 9.31 Å². The maximum Gasteiger partial charge on any atom is 0.412 e. The van der Waals surface area contributed by atoms with Crippen molar-refractivity contribution in [3.05, 3.63) is 52.8 Å². The van der Waals surface area contributed by atoms with Crippen LogP contribution < -0.4 is 5.32 Å². The number of amides is 1. The van der Waals surface area contributed by atoms with Crippen LogP contribution >= 0.6 is 15.9 Å². The Morgan fingerprint density at radius 1 is 1.31 bits per heavy atom. The molecule has 0 atom stereocenters. The SMILES string of the molecule is CC(C)(C)OC(=O)Nc1ccc(-c2cc(Br)cn3ncc(C#N)c23)cc1. The van der Waals surface area contributed by atoms with Gasteiger partial charge in [-0.1, -0.05) is 12.1 Å². The van der Waals surface area contributed by atoms with Gasteiger partial charge in [0.1, 0.15) is 11.7 Å². The Morgan fingerprint density at radius 2 is 2.00 bits per heavy atom. The van der Waals surface area contributed by atoms with E-state index in [4.69, 9.17) is 4.74 Å². The first kappa shape index (κ1) is 18.0. The molecular weight excluding hydrogens is 396 g/mol. The number of rotatable bonds is 2. The van der Waals surface area contributed by atoms with E-state index in [0.717, 1.165) is 21.1 Å². The molecule has 0 aliphatic carbocycles. The third kappa shape index (κ3) is 3.86. The van der Waals surface area contributed by atoms with Crippen LogP contribution in [-0.4, -0.2) is 21.3 Å². The molecule has 0 fully saturated rings. The van der Waals surface area contributed by atoms with Crippen molar-refractivity contribution in [2.75, 3.05) is 5.32 Å². The smallest absolute Gasteiger partial charge is 0.412 e. The second-order valence-electron chi connectivity index (χ2n) is 6.74. The summed E-state index contributed by atoms with van der Waals surface area (Å²) in [5.41, 5.74) is 3.09. The van der Waals surface area contributed by atoms with Crippen LogP contribution in [0, 0.1) is 11.3 Å². The number of nitrogens with one attached hydrogen (secondary N) is 1. The van der Waals surface area contributed by atoms with Crippen molar-refractivity contribution < 1.29 is 9.53 Å². The molecule has 26 heavy (non-hydrogen) atoms. The maximum atomic E-state index is 11.9. The molecule has 7 heteroatoms. The number of benzene rings is 1. The number of halogens is 1. The van der Waals surface area contributed by atoms with Crippen LogP contribution in [0.15, 0.2) is 47.2 Å². The van der Waals surface area contributed by atoms with Crippen LogP contribution in [-0.2, 0) is 4.74 Å². The van der Waals surface area contributed by atoms with Gasteiger partial charge in [0.25, 0.3) is 0 Å². The zero-order valence-corrected chi connectivity index (χ0v) is 16.2. The largest absolute Gasteiger partial charge is 0.444 e. The van der Waals surface area contributed by atoms with E-state index < -0.39 is 11.7 Å². The fourth-order valence-electron chi connectivity index (χ4n) is 2.55. The molecule has 2 aromatic heterocycles. The van der Waals surface area contributed by atoms with Crippen molar-refractivity contribution in [3.63, 3.8) is 0 Å². The lowest BCUT2D eigenvalue weighted by atomic mass is 10.0. The Hall–Kier alpha value is -2.85. The minimum Gasteiger partial charge on any atom is -0.444 e. The monoisotopic (exact) mass is 412 g/mol. The van der Waals surface area contributed by atoms with Gasteiger partial charge in [-0.05, 0) is 60.5 Å². The summed E-state index contributed by atoms with van der Waals surface area (Å²) >= 11 is 3.47. The Balaban J connectivity index is 1.92. The van der Waals surface area contributed by atoms with Gasteiger partial charge >= 0.3 is 6.09 Å². The van der Waals surface area contributed by atoms with Crippen molar-refractivity contribution in [2.45, 2.75) is 26.4 Å². The number of fused-ring (bicyclic) bond motifs is 1. The zero-order valence-electron chi connectivity index (χ0n) is 14.6. The van der Waals surface area contributed by atoms with E-state index in [-0.39, 0.29) is 0 Å². The molecule has 0 unspecified atom stereocenters. The summed E-state index contributed by atoms with van der Waals surface area (Å²) in [7, 11) is 0. The molecule has 1 N–H and O–H groups in total. The number of pyridine rings is 1. The second kappa shape index (κ2) is 6.81. The van der Waals surface area contributed by atoms with Crippen molar-refractivity contribution in [1.82, 2.24) is 9.61 Å². The summed E-state index contributed by atoms with van der Waals surface area (Å²) in [5.74, 6) is 0. The predicted octanol–water partition coefficient (Wildman–Crippen LogP) is 4.98. The Labute approximate surface area is 159 Å². The quantitative estimate of drug-likeness (QED) is 0.643. The number of ether oxygens (including phenoxy) is 1. The van der Waals surface area contributed by atoms with E-state index >= 15 is 0 Å². The molecule has 0 saturated heterocycles. The van der Waals surface area contributed by atoms with Crippen LogP contribution in [0.1, 0.15) is 26.3 Å². The molecule has 0 aliphatic rings. The lowest BCUT2D eigenvalue weighted by Crippen LogP contribution is -2.27. The van der Waals surface area contributed by atoms with Crippen molar-refractivity contribution in [1.29, 1.82) is 5.26 Å². The predicted molar refractivity (Wildman–Crippen MR) is 103 cm³/mol. The molecule has 132 valence electrons. The molecule has 1 aromatic carbocycles. The number of nitrogens with zero attached hydrogens (tertiary/aromatic N) is 3. The molecule has 0 spiro atoms. The number of anilines is 1. The van der Waals surface area contributed by atoms with Gasteiger partial charge in [0.05, 0.1) is 17.3 Å². The van der Waals surface area contributed by atoms with E-state index in [0.29, 0.717) is 11.3 Å². The molecule has 0 aliphatic heterocycles. The number of hydrogen-bond donors (Lipinski definition) is 1. The molecule has 1 amide bonds. The maximum absolute atomic E-state index is 11.9. The molecule has 2 heterocycles. The van der Waals surface area contributed by atoms with Gasteiger partial charge in [-0.2, -0.15) is 10.4 Å². The number of aromatic nitrogens is 2. The van der Waals surface area contributed by atoms with E-state index in [9.17, 15) is 10.1 Å². The Bertz CT molecular complexity index is 1010. The van der Waals surface area contributed by atoms with E-state index in [1.54, 1.807) is 29.0 Å². The van der Waals surface area contributed by atoms with E-state index in [1.165, 1.54) is 0 Å². The molecule has 0 saturated carbocycles. The summed E-state index contributed by atoms with van der Waals surface area (Å²) in [6.45, 7) is 5.44. The summed E-state index contributed by atoms with van der Waals surface area (Å²) < 4.78 is 7.77. The minimum absolute atomic E-state index is 0.502. The highest BCUT2D eigenvalue weighted by atomic mass is 79.9. The third-order valence-corrected chi connectivity index (χ3v) is 3.97. The summed E-state index contributed by atoms with van der Waals surface area (Å²) in [6.07, 6.45) is 2.85. The van der Waals surface area contributed by atoms with Crippen LogP contribution in [0.4, 0.5) is 10.5 Å². The molecule has 6 nitrogen and oxygen atoms in total. The normalized spacial score (nSPS) is 11.2. The third-order valence-electron chi connectivity index (χ3n) is 3.54. The number of nitriles is 1. The van der Waals surface area contributed by atoms with Gasteiger partial charge < -0.3 is 4.74 Å². The Morgan fingerprint density at radius 3 is 2.62 bits per heavy atom. The molecule has 0 bridgehead atoms. The topological polar surface area (TPSA) is 79.4 Å². The van der Waals surface area contributed by atoms with Gasteiger partial charge in [-0.15, -0.1) is 0 Å². The second-order valence-corrected chi connectivity index (χ2v) is 7.66. The lowest BCUT2D eigenvalue weighted by molar-refractivity contribution is 0.0636. The van der Waals surface area contributed by atoms with Gasteiger partial charge in [-0.3, -0.25) is 5.32 Å². The van der Waals surface area contributed by atoms with E-state index in [2.05, 4.69) is 32.4 Å². The summed E-state index contributed by atoms with van der Waals surface area (Å²) in [5, 5.41) is 16.2. The average molecular weight is 413 g/mol. The number of hydrogen-bond acceptors (Lipinski definition) is 4. The van der Waals surface area contributed by atoms with Crippen molar-refractivity contribution in [2.24, 2.45) is 0 Å². The molecule has 3 rings (SSSR count). The fraction of sp³-hybridized carbons (Fsp3) is 0.211. The van der Waals surface area contributed by atoms with Crippen molar-refractivity contribution >= 4 is 33.2 Å². The zero-order chi connectivity index (χ0) is 18.9. The first-order valence-electron chi connectivity index (χ1n) is 7.94. The van der Waals surface area contributed by atoms with Crippen molar-refractivity contribution in [3.8, 4) is 17.2 Å². The van der Waals surface area contributed by atoms with Crippen LogP contribution in [0.2, 0.25) is 0 Å². The van der Waals surface area contributed by atoms with Gasteiger partial charge in [0.15, 0.2) is 0 Å². The minimum atomic E-state index is -0.554. The standard InChI is InChI=1S/C19H17BrN4O2/c1-19(2,3)26-18(25)23-15-6-4-12(5-7-15)16-8-14(20)11-24-17(16)13(9-21)10-22-24/h4-8,10-11H,1-3H3,(H,23,25). The molecular formula is C19H17BrN4O2. The Kier molecular flexibility index (Phi) is 4.70. The van der Waals surface area contributed by atoms with Crippen LogP contribution in [0.5, 0.6) is 0 Å². The summed E-state index contributed by atoms with van der Waals surface area (Å²) in [4.78, 5) is 11.9. The van der Waals surface area contributed by atoms with Gasteiger partial charge in [0.2, 0.25) is 0 Å². The fourth-order valence-corrected chi connectivity index (χ4v) is 2.97. The van der Waals surface area contributed by atoms with Gasteiger partial charge in [0, 0.05) is 21.9 Å². The highest BCUT2D eigenvalue weighted by Crippen LogP contribution is 2.30. The lowest BCUT2D eigenvalue weighted by Gasteiger charge is -2.19.